The number of rotatable bonds is 9. The second-order valence-electron chi connectivity index (χ2n) is 7.29. The van der Waals surface area contributed by atoms with Crippen LogP contribution in [0.4, 0.5) is 4.39 Å². The van der Waals surface area contributed by atoms with Gasteiger partial charge in [-0.3, -0.25) is 4.79 Å². The van der Waals surface area contributed by atoms with Crippen molar-refractivity contribution in [3.05, 3.63) is 77.4 Å². The highest BCUT2D eigenvalue weighted by molar-refractivity contribution is 5.80. The maximum atomic E-state index is 12.9. The quantitative estimate of drug-likeness (QED) is 0.272. The lowest BCUT2D eigenvalue weighted by molar-refractivity contribution is -0.120. The number of hydrogen-bond donors (Lipinski definition) is 3. The Morgan fingerprint density at radius 3 is 2.47 bits per heavy atom. The summed E-state index contributed by atoms with van der Waals surface area (Å²) < 4.78 is 18.5. The smallest absolute Gasteiger partial charge is 0.226 e. The molecule has 1 aromatic heterocycles. The van der Waals surface area contributed by atoms with E-state index in [-0.39, 0.29) is 18.1 Å². The fraction of sp³-hybridized carbons (Fsp3) is 0.292. The highest BCUT2D eigenvalue weighted by Crippen LogP contribution is 2.19. The second kappa shape index (κ2) is 11.6. The topological polar surface area (TPSA) is 91.6 Å². The first-order valence-corrected chi connectivity index (χ1v) is 10.6. The van der Waals surface area contributed by atoms with Gasteiger partial charge >= 0.3 is 0 Å². The third-order valence-electron chi connectivity index (χ3n) is 4.61. The van der Waals surface area contributed by atoms with Crippen LogP contribution >= 0.6 is 0 Å². The number of carbonyl (C=O) groups excluding carboxylic acids is 1. The van der Waals surface area contributed by atoms with Crippen molar-refractivity contribution >= 4 is 11.9 Å². The predicted molar refractivity (Wildman–Crippen MR) is 123 cm³/mol. The van der Waals surface area contributed by atoms with E-state index in [4.69, 9.17) is 4.42 Å². The van der Waals surface area contributed by atoms with E-state index in [1.807, 2.05) is 38.1 Å². The number of aryl methyl sites for hydroxylation is 1. The molecule has 2 aromatic carbocycles. The summed E-state index contributed by atoms with van der Waals surface area (Å²) in [4.78, 5) is 21.0. The molecule has 0 saturated carbocycles. The number of aliphatic imine (C=N–C) groups is 1. The van der Waals surface area contributed by atoms with E-state index in [9.17, 15) is 9.18 Å². The summed E-state index contributed by atoms with van der Waals surface area (Å²) in [6.45, 7) is 6.03. The van der Waals surface area contributed by atoms with Gasteiger partial charge in [0.25, 0.3) is 0 Å². The Balaban J connectivity index is 1.45. The number of carbonyl (C=O) groups is 1. The Bertz CT molecular complexity index is 1030. The van der Waals surface area contributed by atoms with Crippen molar-refractivity contribution in [1.82, 2.24) is 20.9 Å². The van der Waals surface area contributed by atoms with Crippen LogP contribution < -0.4 is 16.0 Å². The second-order valence-corrected chi connectivity index (χ2v) is 7.29. The molecule has 3 aromatic rings. The van der Waals surface area contributed by atoms with Crippen molar-refractivity contribution in [2.75, 3.05) is 19.6 Å². The predicted octanol–water partition coefficient (Wildman–Crippen LogP) is 3.20. The van der Waals surface area contributed by atoms with Crippen LogP contribution in [0.25, 0.3) is 11.5 Å². The summed E-state index contributed by atoms with van der Waals surface area (Å²) in [6.07, 6.45) is 1.82. The van der Waals surface area contributed by atoms with E-state index in [2.05, 4.69) is 25.9 Å². The number of oxazole rings is 1. The van der Waals surface area contributed by atoms with E-state index in [1.54, 1.807) is 18.4 Å². The monoisotopic (exact) mass is 437 g/mol. The first-order chi connectivity index (χ1) is 15.5. The molecular formula is C24H28FN5O2. The van der Waals surface area contributed by atoms with Crippen LogP contribution in [-0.2, 0) is 17.8 Å². The molecule has 0 aliphatic carbocycles. The van der Waals surface area contributed by atoms with E-state index >= 15 is 0 Å². The van der Waals surface area contributed by atoms with E-state index < -0.39 is 0 Å². The lowest BCUT2D eigenvalue weighted by Gasteiger charge is -2.11. The van der Waals surface area contributed by atoms with Crippen molar-refractivity contribution in [2.24, 2.45) is 4.99 Å². The van der Waals surface area contributed by atoms with Gasteiger partial charge in [-0.2, -0.15) is 0 Å². The molecular weight excluding hydrogens is 409 g/mol. The lowest BCUT2D eigenvalue weighted by atomic mass is 10.1. The molecule has 0 unspecified atom stereocenters. The van der Waals surface area contributed by atoms with Crippen LogP contribution in [0.15, 0.2) is 64.2 Å². The van der Waals surface area contributed by atoms with Crippen LogP contribution in [0.3, 0.4) is 0 Å². The summed E-state index contributed by atoms with van der Waals surface area (Å²) >= 11 is 0. The first kappa shape index (κ1) is 23.0. The molecule has 0 bridgehead atoms. The molecule has 0 atom stereocenters. The van der Waals surface area contributed by atoms with E-state index in [0.717, 1.165) is 16.8 Å². The first-order valence-electron chi connectivity index (χ1n) is 10.6. The highest BCUT2D eigenvalue weighted by atomic mass is 19.1. The van der Waals surface area contributed by atoms with E-state index in [0.29, 0.717) is 38.0 Å². The molecule has 0 aliphatic rings. The van der Waals surface area contributed by atoms with Gasteiger partial charge in [0.05, 0.1) is 13.0 Å². The van der Waals surface area contributed by atoms with E-state index in [1.165, 1.54) is 17.7 Å². The van der Waals surface area contributed by atoms with Gasteiger partial charge in [0.15, 0.2) is 5.96 Å². The molecule has 0 aliphatic heterocycles. The highest BCUT2D eigenvalue weighted by Gasteiger charge is 2.07. The molecule has 0 radical (unpaired) electrons. The molecule has 0 saturated heterocycles. The SMILES string of the molecule is CCNC(=NCc1coc(-c2ccc(C)cc2)n1)NCCNC(=O)Cc1ccc(F)cc1. The fourth-order valence-corrected chi connectivity index (χ4v) is 2.94. The Morgan fingerprint density at radius 2 is 1.75 bits per heavy atom. The summed E-state index contributed by atoms with van der Waals surface area (Å²) in [6, 6.07) is 13.9. The number of aromatic nitrogens is 1. The molecule has 1 heterocycles. The average molecular weight is 438 g/mol. The Labute approximate surface area is 187 Å². The summed E-state index contributed by atoms with van der Waals surface area (Å²) in [5.41, 5.74) is 3.60. The number of benzene rings is 2. The summed E-state index contributed by atoms with van der Waals surface area (Å²) in [7, 11) is 0. The molecule has 3 N–H and O–H groups in total. The number of amides is 1. The number of nitrogens with zero attached hydrogens (tertiary/aromatic N) is 2. The number of guanidine groups is 1. The van der Waals surface area contributed by atoms with Crippen molar-refractivity contribution < 1.29 is 13.6 Å². The van der Waals surface area contributed by atoms with Crippen molar-refractivity contribution in [2.45, 2.75) is 26.8 Å². The van der Waals surface area contributed by atoms with Gasteiger partial charge in [-0.1, -0.05) is 29.8 Å². The third kappa shape index (κ3) is 7.23. The number of hydrogen-bond acceptors (Lipinski definition) is 4. The van der Waals surface area contributed by atoms with Gasteiger partial charge in [0.1, 0.15) is 17.8 Å². The standard InChI is InChI=1S/C24H28FN5O2/c1-3-26-24(28-13-12-27-22(31)14-18-6-10-20(25)11-7-18)29-15-21-16-32-23(30-21)19-8-4-17(2)5-9-19/h4-11,16H,3,12-15H2,1-2H3,(H,27,31)(H2,26,28,29). The van der Waals surface area contributed by atoms with Crippen molar-refractivity contribution in [1.29, 1.82) is 0 Å². The van der Waals surface area contributed by atoms with Gasteiger partial charge in [0.2, 0.25) is 11.8 Å². The minimum Gasteiger partial charge on any atom is -0.444 e. The molecule has 1 amide bonds. The maximum Gasteiger partial charge on any atom is 0.226 e. The number of nitrogens with one attached hydrogen (secondary N) is 3. The molecule has 7 nitrogen and oxygen atoms in total. The van der Waals surface area contributed by atoms with Crippen LogP contribution in [0.5, 0.6) is 0 Å². The van der Waals surface area contributed by atoms with Crippen LogP contribution in [0.2, 0.25) is 0 Å². The Morgan fingerprint density at radius 1 is 1.03 bits per heavy atom. The largest absolute Gasteiger partial charge is 0.444 e. The van der Waals surface area contributed by atoms with Crippen LogP contribution in [-0.4, -0.2) is 36.5 Å². The molecule has 0 spiro atoms. The minimum absolute atomic E-state index is 0.119. The van der Waals surface area contributed by atoms with Crippen molar-refractivity contribution in [3.63, 3.8) is 0 Å². The van der Waals surface area contributed by atoms with Gasteiger partial charge < -0.3 is 20.4 Å². The van der Waals surface area contributed by atoms with Gasteiger partial charge in [-0.15, -0.1) is 0 Å². The Kier molecular flexibility index (Phi) is 8.36. The van der Waals surface area contributed by atoms with Crippen LogP contribution in [0, 0.1) is 12.7 Å². The molecule has 168 valence electrons. The summed E-state index contributed by atoms with van der Waals surface area (Å²) in [5.74, 6) is 0.759. The molecule has 8 heteroatoms. The normalized spacial score (nSPS) is 11.3. The Hall–Kier alpha value is -3.68. The zero-order valence-corrected chi connectivity index (χ0v) is 18.3. The van der Waals surface area contributed by atoms with Gasteiger partial charge in [0, 0.05) is 25.2 Å². The molecule has 3 rings (SSSR count). The van der Waals surface area contributed by atoms with Gasteiger partial charge in [-0.25, -0.2) is 14.4 Å². The zero-order valence-electron chi connectivity index (χ0n) is 18.3. The zero-order chi connectivity index (χ0) is 22.8. The lowest BCUT2D eigenvalue weighted by Crippen LogP contribution is -2.41. The van der Waals surface area contributed by atoms with Crippen LogP contribution in [0.1, 0.15) is 23.7 Å². The third-order valence-corrected chi connectivity index (χ3v) is 4.61. The van der Waals surface area contributed by atoms with Gasteiger partial charge in [-0.05, 0) is 43.7 Å². The maximum absolute atomic E-state index is 12.9. The number of halogens is 1. The molecule has 32 heavy (non-hydrogen) atoms. The van der Waals surface area contributed by atoms with Crippen molar-refractivity contribution in [3.8, 4) is 11.5 Å². The average Bonchev–Trinajstić information content (AvgIpc) is 3.26. The summed E-state index contributed by atoms with van der Waals surface area (Å²) in [5, 5.41) is 9.18. The fourth-order valence-electron chi connectivity index (χ4n) is 2.94. The minimum atomic E-state index is -0.314. The molecule has 0 fully saturated rings.